The molecule has 0 aliphatic rings. The second kappa shape index (κ2) is 8.03. The number of rotatable bonds is 7. The number of aryl methyl sites for hydroxylation is 1. The van der Waals surface area contributed by atoms with Gasteiger partial charge in [-0.15, -0.1) is 0 Å². The van der Waals surface area contributed by atoms with E-state index in [9.17, 15) is 4.79 Å². The normalized spacial score (nSPS) is 10.9. The van der Waals surface area contributed by atoms with Gasteiger partial charge >= 0.3 is 0 Å². The molecular formula is C17H23N3OS. The number of nitrogens with zero attached hydrogens (tertiary/aromatic N) is 2. The summed E-state index contributed by atoms with van der Waals surface area (Å²) in [6.07, 6.45) is 4.74. The highest BCUT2D eigenvalue weighted by molar-refractivity contribution is 7.98. The first-order chi connectivity index (χ1) is 10.6. The van der Waals surface area contributed by atoms with E-state index in [-0.39, 0.29) is 5.91 Å². The molecule has 0 aliphatic heterocycles. The number of imidazole rings is 1. The summed E-state index contributed by atoms with van der Waals surface area (Å²) >= 11 is 1.69. The van der Waals surface area contributed by atoms with Crippen LogP contribution in [0.25, 0.3) is 0 Å². The molecule has 1 aromatic heterocycles. The molecule has 0 fully saturated rings. The van der Waals surface area contributed by atoms with Crippen molar-refractivity contribution in [2.75, 3.05) is 6.54 Å². The van der Waals surface area contributed by atoms with Gasteiger partial charge in [-0.1, -0.05) is 37.7 Å². The van der Waals surface area contributed by atoms with Crippen molar-refractivity contribution >= 4 is 17.7 Å². The van der Waals surface area contributed by atoms with E-state index in [1.807, 2.05) is 42.1 Å². The summed E-state index contributed by atoms with van der Waals surface area (Å²) in [5.74, 6) is 1.45. The van der Waals surface area contributed by atoms with Crippen molar-refractivity contribution in [2.24, 2.45) is 13.0 Å². The van der Waals surface area contributed by atoms with Crippen LogP contribution in [-0.4, -0.2) is 22.0 Å². The maximum atomic E-state index is 12.0. The summed E-state index contributed by atoms with van der Waals surface area (Å²) in [6.45, 7) is 5.04. The Kier molecular flexibility index (Phi) is 6.07. The number of hydrogen-bond donors (Lipinski definition) is 1. The van der Waals surface area contributed by atoms with Gasteiger partial charge in [-0.2, -0.15) is 0 Å². The van der Waals surface area contributed by atoms with Gasteiger partial charge in [0.1, 0.15) is 0 Å². The molecule has 0 spiro atoms. The number of carbonyl (C=O) groups excluding carboxylic acids is 1. The maximum Gasteiger partial charge on any atom is 0.251 e. The Bertz CT molecular complexity index is 605. The van der Waals surface area contributed by atoms with Crippen LogP contribution in [0, 0.1) is 5.92 Å². The topological polar surface area (TPSA) is 46.9 Å². The molecule has 0 unspecified atom stereocenters. The highest BCUT2D eigenvalue weighted by Crippen LogP contribution is 2.20. The van der Waals surface area contributed by atoms with Crippen molar-refractivity contribution in [3.63, 3.8) is 0 Å². The zero-order valence-electron chi connectivity index (χ0n) is 13.4. The fourth-order valence-electron chi connectivity index (χ4n) is 1.97. The third-order valence-electron chi connectivity index (χ3n) is 3.37. The van der Waals surface area contributed by atoms with Crippen LogP contribution in [0.1, 0.15) is 36.2 Å². The van der Waals surface area contributed by atoms with Crippen molar-refractivity contribution in [1.29, 1.82) is 0 Å². The highest BCUT2D eigenvalue weighted by atomic mass is 32.2. The molecule has 1 aromatic carbocycles. The molecule has 1 amide bonds. The van der Waals surface area contributed by atoms with E-state index in [1.165, 1.54) is 5.56 Å². The molecule has 2 rings (SSSR count). The second-order valence-corrected chi connectivity index (χ2v) is 6.69. The summed E-state index contributed by atoms with van der Waals surface area (Å²) in [5.41, 5.74) is 1.90. The first-order valence-corrected chi connectivity index (χ1v) is 8.52. The van der Waals surface area contributed by atoms with Gasteiger partial charge in [0.05, 0.1) is 0 Å². The number of amides is 1. The van der Waals surface area contributed by atoms with E-state index in [2.05, 4.69) is 24.1 Å². The molecule has 4 nitrogen and oxygen atoms in total. The van der Waals surface area contributed by atoms with Crippen molar-refractivity contribution in [3.8, 4) is 0 Å². The molecule has 0 saturated carbocycles. The molecule has 2 aromatic rings. The molecule has 22 heavy (non-hydrogen) atoms. The van der Waals surface area contributed by atoms with Crippen LogP contribution in [-0.2, 0) is 12.8 Å². The first kappa shape index (κ1) is 16.6. The van der Waals surface area contributed by atoms with Crippen LogP contribution in [0.3, 0.4) is 0 Å². The predicted molar refractivity (Wildman–Crippen MR) is 91.0 cm³/mol. The van der Waals surface area contributed by atoms with E-state index in [0.717, 1.165) is 29.4 Å². The van der Waals surface area contributed by atoms with Gasteiger partial charge in [0.2, 0.25) is 0 Å². The van der Waals surface area contributed by atoms with Gasteiger partial charge in [0, 0.05) is 37.3 Å². The Morgan fingerprint density at radius 3 is 2.64 bits per heavy atom. The van der Waals surface area contributed by atoms with Crippen molar-refractivity contribution in [3.05, 3.63) is 47.8 Å². The van der Waals surface area contributed by atoms with Gasteiger partial charge in [-0.05, 0) is 30.0 Å². The lowest BCUT2D eigenvalue weighted by atomic mass is 10.1. The van der Waals surface area contributed by atoms with Crippen molar-refractivity contribution in [2.45, 2.75) is 31.2 Å². The Morgan fingerprint density at radius 1 is 1.32 bits per heavy atom. The molecule has 0 radical (unpaired) electrons. The average molecular weight is 317 g/mol. The number of carbonyl (C=O) groups is 1. The molecule has 1 N–H and O–H groups in total. The first-order valence-electron chi connectivity index (χ1n) is 7.53. The van der Waals surface area contributed by atoms with E-state index in [0.29, 0.717) is 5.92 Å². The van der Waals surface area contributed by atoms with Gasteiger partial charge in [-0.3, -0.25) is 4.79 Å². The maximum absolute atomic E-state index is 12.0. The van der Waals surface area contributed by atoms with Gasteiger partial charge in [0.15, 0.2) is 5.16 Å². The smallest absolute Gasteiger partial charge is 0.251 e. The summed E-state index contributed by atoms with van der Waals surface area (Å²) in [4.78, 5) is 16.3. The van der Waals surface area contributed by atoms with Gasteiger partial charge in [-0.25, -0.2) is 4.98 Å². The number of hydrogen-bond acceptors (Lipinski definition) is 3. The lowest BCUT2D eigenvalue weighted by Crippen LogP contribution is -2.25. The lowest BCUT2D eigenvalue weighted by molar-refractivity contribution is 0.0952. The van der Waals surface area contributed by atoms with E-state index < -0.39 is 0 Å². The van der Waals surface area contributed by atoms with Crippen molar-refractivity contribution in [1.82, 2.24) is 14.9 Å². The monoisotopic (exact) mass is 317 g/mol. The SMILES string of the molecule is CC(C)CCNC(=O)c1ccc(CSc2nccn2C)cc1. The molecule has 1 heterocycles. The minimum Gasteiger partial charge on any atom is -0.352 e. The molecule has 0 saturated heterocycles. The summed E-state index contributed by atoms with van der Waals surface area (Å²) in [6, 6.07) is 7.79. The number of aromatic nitrogens is 2. The van der Waals surface area contributed by atoms with Crippen LogP contribution >= 0.6 is 11.8 Å². The highest BCUT2D eigenvalue weighted by Gasteiger charge is 2.06. The van der Waals surface area contributed by atoms with E-state index >= 15 is 0 Å². The number of thioether (sulfide) groups is 1. The summed E-state index contributed by atoms with van der Waals surface area (Å²) in [7, 11) is 1.99. The Morgan fingerprint density at radius 2 is 2.05 bits per heavy atom. The van der Waals surface area contributed by atoms with Crippen LogP contribution in [0.5, 0.6) is 0 Å². The van der Waals surface area contributed by atoms with Gasteiger partial charge < -0.3 is 9.88 Å². The van der Waals surface area contributed by atoms with Crippen molar-refractivity contribution < 1.29 is 4.79 Å². The Balaban J connectivity index is 1.84. The van der Waals surface area contributed by atoms with Crippen LogP contribution in [0.4, 0.5) is 0 Å². The average Bonchev–Trinajstić information content (AvgIpc) is 2.90. The second-order valence-electron chi connectivity index (χ2n) is 5.74. The van der Waals surface area contributed by atoms with E-state index in [4.69, 9.17) is 0 Å². The zero-order chi connectivity index (χ0) is 15.9. The van der Waals surface area contributed by atoms with E-state index in [1.54, 1.807) is 18.0 Å². The zero-order valence-corrected chi connectivity index (χ0v) is 14.2. The van der Waals surface area contributed by atoms with Crippen LogP contribution in [0.2, 0.25) is 0 Å². The molecule has 0 atom stereocenters. The summed E-state index contributed by atoms with van der Waals surface area (Å²) < 4.78 is 2.00. The summed E-state index contributed by atoms with van der Waals surface area (Å²) in [5, 5.41) is 3.95. The quantitative estimate of drug-likeness (QED) is 0.795. The predicted octanol–water partition coefficient (Wildman–Crippen LogP) is 3.49. The minimum atomic E-state index is 0.00366. The number of nitrogens with one attached hydrogen (secondary N) is 1. The number of benzene rings is 1. The van der Waals surface area contributed by atoms with Crippen LogP contribution < -0.4 is 5.32 Å². The molecular weight excluding hydrogens is 294 g/mol. The van der Waals surface area contributed by atoms with Gasteiger partial charge in [0.25, 0.3) is 5.91 Å². The molecule has 118 valence electrons. The van der Waals surface area contributed by atoms with Crippen LogP contribution in [0.15, 0.2) is 41.8 Å². The minimum absolute atomic E-state index is 0.00366. The Hall–Kier alpha value is -1.75. The third kappa shape index (κ3) is 4.91. The Labute approximate surface area is 136 Å². The third-order valence-corrected chi connectivity index (χ3v) is 4.50. The molecule has 0 bridgehead atoms. The fraction of sp³-hybridized carbons (Fsp3) is 0.412. The lowest BCUT2D eigenvalue weighted by Gasteiger charge is -2.08. The fourth-order valence-corrected chi connectivity index (χ4v) is 2.86. The largest absolute Gasteiger partial charge is 0.352 e. The molecule has 5 heteroatoms. The standard InChI is InChI=1S/C17H23N3OS/c1-13(2)8-9-18-16(21)15-6-4-14(5-7-15)12-22-17-19-10-11-20(17)3/h4-7,10-11,13H,8-9,12H2,1-3H3,(H,18,21). The molecule has 0 aliphatic carbocycles.